The van der Waals surface area contributed by atoms with Crippen molar-refractivity contribution >= 4 is 63.1 Å². The largest absolute Gasteiger partial charge is 0.508 e. The Bertz CT molecular complexity index is 986. The molecule has 3 aromatic carbocycles. The Morgan fingerprint density at radius 1 is 1.03 bits per heavy atom. The van der Waals surface area contributed by atoms with Crippen LogP contribution >= 0.6 is 51.5 Å². The summed E-state index contributed by atoms with van der Waals surface area (Å²) in [6, 6.07) is 21.0. The van der Waals surface area contributed by atoms with E-state index >= 15 is 0 Å². The molecule has 32 heavy (non-hydrogen) atoms. The molecule has 1 saturated heterocycles. The third-order valence-electron chi connectivity index (χ3n) is 4.97. The lowest BCUT2D eigenvalue weighted by atomic mass is 9.93. The lowest BCUT2D eigenvalue weighted by Gasteiger charge is -2.40. The van der Waals surface area contributed by atoms with Gasteiger partial charge in [0, 0.05) is 9.26 Å². The number of β-lactam (4-membered cyclic amide) rings is 1. The summed E-state index contributed by atoms with van der Waals surface area (Å²) in [4.78, 5) is 13.6. The highest BCUT2D eigenvalue weighted by molar-refractivity contribution is 14.2. The van der Waals surface area contributed by atoms with Crippen molar-refractivity contribution in [2.45, 2.75) is 31.9 Å². The summed E-state index contributed by atoms with van der Waals surface area (Å²) in [6.45, 7) is 4.27. The van der Waals surface area contributed by atoms with Crippen LogP contribution in [-0.2, 0) is 4.79 Å². The fraction of sp³-hybridized carbons (Fsp3) is 0.208. The molecule has 8 heteroatoms. The summed E-state index contributed by atoms with van der Waals surface area (Å²) < 4.78 is 13.5. The molecule has 4 rings (SSSR count). The maximum absolute atomic E-state index is 12.4. The smallest absolute Gasteiger partial charge is 0.230 e. The molecule has 1 fully saturated rings. The molecule has 4 nitrogen and oxygen atoms in total. The first-order valence-corrected chi connectivity index (χ1v) is 15.2. The van der Waals surface area contributed by atoms with Crippen LogP contribution in [0.1, 0.15) is 43.0 Å². The number of hydrogen-bond donors (Lipinski definition) is 2. The number of benzene rings is 3. The van der Waals surface area contributed by atoms with Gasteiger partial charge in [-0.25, -0.2) is 4.39 Å². The van der Waals surface area contributed by atoms with Gasteiger partial charge < -0.3 is 15.1 Å². The molecular weight excluding hydrogens is 654 g/mol. The molecule has 1 aliphatic rings. The maximum atomic E-state index is 12.4. The first kappa shape index (κ1) is 27.0. The summed E-state index contributed by atoms with van der Waals surface area (Å²) >= 11 is 4.31. The van der Waals surface area contributed by atoms with Gasteiger partial charge in [0.25, 0.3) is 0 Å². The van der Waals surface area contributed by atoms with Crippen molar-refractivity contribution in [3.05, 3.63) is 93.3 Å². The van der Waals surface area contributed by atoms with Crippen LogP contribution in [-0.4, -0.2) is 16.1 Å². The van der Waals surface area contributed by atoms with E-state index in [-0.39, 0.29) is 23.5 Å². The topological polar surface area (TPSA) is 60.8 Å². The zero-order valence-corrected chi connectivity index (χ0v) is 22.9. The van der Waals surface area contributed by atoms with Crippen LogP contribution in [0.25, 0.3) is 0 Å². The van der Waals surface area contributed by atoms with Crippen molar-refractivity contribution < 1.29 is 19.4 Å². The highest BCUT2D eigenvalue weighted by Crippen LogP contribution is 2.39. The minimum atomic E-state index is -0.462. The van der Waals surface area contributed by atoms with Gasteiger partial charge in [0.05, 0.1) is 18.6 Å². The number of phenols is 1. The molecule has 0 radical (unpaired) electrons. The molecule has 1 heterocycles. The Balaban J connectivity index is 0.000000239. The molecule has 1 amide bonds. The van der Waals surface area contributed by atoms with E-state index in [0.717, 1.165) is 20.4 Å². The number of aliphatic hydroxyl groups excluding tert-OH is 1. The van der Waals surface area contributed by atoms with E-state index in [1.54, 1.807) is 24.3 Å². The van der Waals surface area contributed by atoms with E-state index in [4.69, 9.17) is 0 Å². The Morgan fingerprint density at radius 2 is 1.59 bits per heavy atom. The van der Waals surface area contributed by atoms with Gasteiger partial charge in [0.1, 0.15) is 11.6 Å². The Morgan fingerprint density at radius 3 is 2.09 bits per heavy atom. The SMILES string of the molecule is CC[C@H](O)c1ccc(F)cc1.O=C1C[C@@H](c2ccc(O)cc2)N1c1ccc(I)cc1.PI. The number of aromatic hydroxyl groups is 1. The molecule has 2 N–H and O–H groups in total. The zero-order valence-electron chi connectivity index (χ0n) is 17.5. The average Bonchev–Trinajstić information content (AvgIpc) is 2.81. The van der Waals surface area contributed by atoms with Gasteiger partial charge in [-0.2, -0.15) is 0 Å². The second-order valence-electron chi connectivity index (χ2n) is 7.03. The standard InChI is InChI=1S/C15H12INO2.C9H11FO.H2IP/c16-11-3-5-12(6-4-11)17-14(9-15(17)19)10-1-7-13(18)8-2-10;1-2-9(11)7-3-5-8(10)6-4-7;1-2/h1-8,14,18H,9H2;3-6,9,11H,2H2,1H3;2H2/t14-;9-;/m00./s1. The first-order chi connectivity index (χ1) is 15.4. The van der Waals surface area contributed by atoms with Crippen molar-refractivity contribution in [1.82, 2.24) is 0 Å². The summed E-state index contributed by atoms with van der Waals surface area (Å²) in [6.07, 6.45) is 0.721. The fourth-order valence-corrected chi connectivity index (χ4v) is 3.59. The average molecular weight is 679 g/mol. The first-order valence-electron chi connectivity index (χ1n) is 9.91. The molecule has 0 saturated carbocycles. The summed E-state index contributed by atoms with van der Waals surface area (Å²) in [5, 5.41) is 18.6. The third kappa shape index (κ3) is 7.37. The molecule has 170 valence electrons. The van der Waals surface area contributed by atoms with Crippen LogP contribution in [0.4, 0.5) is 10.1 Å². The van der Waals surface area contributed by atoms with Crippen LogP contribution in [0, 0.1) is 9.39 Å². The highest BCUT2D eigenvalue weighted by atomic mass is 127. The predicted octanol–water partition coefficient (Wildman–Crippen LogP) is 6.96. The second kappa shape index (κ2) is 13.4. The van der Waals surface area contributed by atoms with Crippen molar-refractivity contribution in [3.8, 4) is 5.75 Å². The monoisotopic (exact) mass is 679 g/mol. The Hall–Kier alpha value is -1.29. The van der Waals surface area contributed by atoms with Crippen molar-refractivity contribution in [3.63, 3.8) is 0 Å². The molecule has 1 unspecified atom stereocenters. The number of amides is 1. The summed E-state index contributed by atoms with van der Waals surface area (Å²) in [5.41, 5.74) is 2.75. The minimum Gasteiger partial charge on any atom is -0.508 e. The molecule has 1 aliphatic heterocycles. The normalized spacial score (nSPS) is 15.5. The maximum Gasteiger partial charge on any atom is 0.230 e. The van der Waals surface area contributed by atoms with Crippen LogP contribution < -0.4 is 4.90 Å². The number of nitrogens with zero attached hydrogens (tertiary/aromatic N) is 1. The van der Waals surface area contributed by atoms with Crippen molar-refractivity contribution in [2.75, 3.05) is 4.90 Å². The highest BCUT2D eigenvalue weighted by Gasteiger charge is 2.38. The van der Waals surface area contributed by atoms with Gasteiger partial charge in [-0.15, -0.1) is 0 Å². The van der Waals surface area contributed by atoms with Gasteiger partial charge in [-0.05, 0) is 88.7 Å². The van der Waals surface area contributed by atoms with Crippen LogP contribution in [0.2, 0.25) is 0 Å². The summed E-state index contributed by atoms with van der Waals surface area (Å²) in [5.74, 6) is 0.117. The number of carbonyl (C=O) groups is 1. The van der Waals surface area contributed by atoms with Gasteiger partial charge >= 0.3 is 0 Å². The van der Waals surface area contributed by atoms with Gasteiger partial charge in [0.15, 0.2) is 0 Å². The van der Waals surface area contributed by atoms with E-state index in [0.29, 0.717) is 12.8 Å². The number of aliphatic hydroxyl groups is 1. The van der Waals surface area contributed by atoms with E-state index in [9.17, 15) is 19.4 Å². The second-order valence-corrected chi connectivity index (χ2v) is 8.27. The van der Waals surface area contributed by atoms with Gasteiger partial charge in [-0.1, -0.05) is 60.1 Å². The van der Waals surface area contributed by atoms with Gasteiger partial charge in [0.2, 0.25) is 5.91 Å². The number of phenolic OH excluding ortho intramolecular Hbond substituents is 1. The van der Waals surface area contributed by atoms with E-state index in [1.165, 1.54) is 12.1 Å². The quantitative estimate of drug-likeness (QED) is 0.178. The number of rotatable bonds is 4. The van der Waals surface area contributed by atoms with Crippen LogP contribution in [0.5, 0.6) is 5.75 Å². The van der Waals surface area contributed by atoms with E-state index < -0.39 is 6.10 Å². The van der Waals surface area contributed by atoms with Crippen LogP contribution in [0.3, 0.4) is 0 Å². The molecule has 3 atom stereocenters. The number of carbonyl (C=O) groups excluding carboxylic acids is 1. The predicted molar refractivity (Wildman–Crippen MR) is 147 cm³/mol. The molecular formula is C24H25FI2NO3P. The number of halogens is 3. The summed E-state index contributed by atoms with van der Waals surface area (Å²) in [7, 11) is 0. The van der Waals surface area contributed by atoms with Gasteiger partial charge in [-0.3, -0.25) is 4.79 Å². The van der Waals surface area contributed by atoms with E-state index in [1.807, 2.05) is 48.2 Å². The molecule has 0 bridgehead atoms. The molecule has 0 spiro atoms. The van der Waals surface area contributed by atoms with Crippen molar-refractivity contribution in [2.24, 2.45) is 0 Å². The Labute approximate surface area is 217 Å². The van der Waals surface area contributed by atoms with Crippen LogP contribution in [0.15, 0.2) is 72.8 Å². The lowest BCUT2D eigenvalue weighted by molar-refractivity contribution is -0.124. The molecule has 0 aliphatic carbocycles. The fourth-order valence-electron chi connectivity index (χ4n) is 3.23. The number of hydrogen-bond acceptors (Lipinski definition) is 3. The molecule has 0 aromatic heterocycles. The van der Waals surface area contributed by atoms with Crippen molar-refractivity contribution in [1.29, 1.82) is 0 Å². The zero-order chi connectivity index (χ0) is 23.7. The Kier molecular flexibility index (Phi) is 11.3. The number of anilines is 1. The lowest BCUT2D eigenvalue weighted by Crippen LogP contribution is -2.46. The minimum absolute atomic E-state index is 0.0770. The molecule has 3 aromatic rings. The third-order valence-corrected chi connectivity index (χ3v) is 5.69. The van der Waals surface area contributed by atoms with E-state index in [2.05, 4.69) is 51.5 Å².